The molecule has 5 aromatic rings. The second-order valence-electron chi connectivity index (χ2n) is 16.2. The molecule has 3 aliphatic carbocycles. The van der Waals surface area contributed by atoms with Crippen molar-refractivity contribution in [3.63, 3.8) is 0 Å². The van der Waals surface area contributed by atoms with E-state index in [1.807, 2.05) is 48.5 Å². The summed E-state index contributed by atoms with van der Waals surface area (Å²) >= 11 is 0. The minimum Gasteiger partial charge on any atom is -0.855 e. The Morgan fingerprint density at radius 2 is 1.49 bits per heavy atom. The van der Waals surface area contributed by atoms with Crippen molar-refractivity contribution in [2.75, 3.05) is 0 Å². The minimum absolute atomic E-state index is 0. The summed E-state index contributed by atoms with van der Waals surface area (Å²) in [4.78, 5) is 15.0. The van der Waals surface area contributed by atoms with Crippen LogP contribution in [0.4, 0.5) is 0 Å². The molecule has 1 aromatic heterocycles. The molecule has 0 radical (unpaired) electrons. The van der Waals surface area contributed by atoms with E-state index in [1.165, 1.54) is 105 Å². The summed E-state index contributed by atoms with van der Waals surface area (Å²) in [5, 5.41) is 20.2. The Morgan fingerprint density at radius 1 is 0.842 bits per heavy atom. The molecule has 0 atom stereocenters. The van der Waals surface area contributed by atoms with Crippen LogP contribution in [0.25, 0.3) is 33.1 Å². The molecule has 2 saturated carbocycles. The van der Waals surface area contributed by atoms with Crippen molar-refractivity contribution in [3.05, 3.63) is 172 Å². The van der Waals surface area contributed by atoms with Gasteiger partial charge >= 0.3 is 20.1 Å². The van der Waals surface area contributed by atoms with Crippen LogP contribution in [0.1, 0.15) is 121 Å². The summed E-state index contributed by atoms with van der Waals surface area (Å²) in [6, 6.07) is 41.6. The minimum atomic E-state index is -0.125. The number of carbonyl (C=O) groups is 1. The van der Waals surface area contributed by atoms with Crippen LogP contribution in [-0.4, -0.2) is 21.6 Å². The monoisotopic (exact) mass is 932 g/mol. The van der Waals surface area contributed by atoms with Gasteiger partial charge in [0.05, 0.1) is 11.3 Å². The molecular weight excluding hydrogens is 877 g/mol. The number of allylic oxidation sites excluding steroid dienone is 6. The van der Waals surface area contributed by atoms with Crippen molar-refractivity contribution in [1.29, 1.82) is 0 Å². The summed E-state index contributed by atoms with van der Waals surface area (Å²) in [6.45, 7) is 9.37. The third-order valence-electron chi connectivity index (χ3n) is 12.0. The van der Waals surface area contributed by atoms with Crippen LogP contribution in [0.5, 0.6) is 0 Å². The average molecular weight is 932 g/mol. The van der Waals surface area contributed by atoms with Gasteiger partial charge in [0.25, 0.3) is 0 Å². The number of para-hydroxylation sites is 1. The molecule has 8 rings (SSSR count). The normalized spacial score (nSPS) is 18.4. The number of hydrogen-bond acceptors (Lipinski definition) is 3. The van der Waals surface area contributed by atoms with Crippen molar-refractivity contribution in [3.8, 4) is 11.3 Å². The molecular formula is C52H55IrN2O2. The van der Waals surface area contributed by atoms with Crippen LogP contribution < -0.4 is 0 Å². The van der Waals surface area contributed by atoms with Crippen molar-refractivity contribution in [2.24, 2.45) is 5.41 Å². The first-order valence-corrected chi connectivity index (χ1v) is 20.3. The molecule has 0 unspecified atom stereocenters. The molecule has 1 heterocycles. The standard InChI is InChI=1S/C26H28N.C21H19N.C5H8O2.Ir/c1-3-9-21(10-4-1)25-19-23(22-11-5-6-12-24(22)27-25)20-13-17-26(18-14-20)15-7-2-8-16-26;1-4-18-17(14-20(22)15-10-6-5-7-11-15)16-12-8-9-13-19(16)21(18,2)3;1-4(6)3-5(2)7;/h1,3-6,9,11-12,19-20H,2,7-8,13-18H2;4-10,12-14H,1-3H3;3,6H,1-2H3;/q-1;-2;;+3/b;17-14-,18-4+;4-3-;. The zero-order valence-corrected chi connectivity index (χ0v) is 36.5. The number of fused-ring (bicyclic) bond motifs is 2. The van der Waals surface area contributed by atoms with Gasteiger partial charge < -0.3 is 10.5 Å². The maximum atomic E-state index is 10.5. The molecule has 1 spiro atoms. The van der Waals surface area contributed by atoms with Crippen LogP contribution in [0.2, 0.25) is 0 Å². The molecule has 3 aliphatic rings. The number of aromatic nitrogens is 1. The first kappa shape index (κ1) is 43.4. The van der Waals surface area contributed by atoms with Crippen LogP contribution in [-0.2, 0) is 30.3 Å². The van der Waals surface area contributed by atoms with Crippen LogP contribution >= 0.6 is 0 Å². The van der Waals surface area contributed by atoms with E-state index >= 15 is 0 Å². The van der Waals surface area contributed by atoms with E-state index in [4.69, 9.17) is 10.1 Å². The van der Waals surface area contributed by atoms with E-state index in [2.05, 4.69) is 99.6 Å². The molecule has 0 aliphatic heterocycles. The number of benzene rings is 4. The third kappa shape index (κ3) is 10.4. The first-order chi connectivity index (χ1) is 27.0. The molecule has 1 N–H and O–H groups in total. The van der Waals surface area contributed by atoms with Crippen molar-refractivity contribution in [1.82, 2.24) is 4.98 Å². The van der Waals surface area contributed by atoms with Gasteiger partial charge in [-0.2, -0.15) is 5.56 Å². The Kier molecular flexibility index (Phi) is 15.0. The fraction of sp³-hybridized carbons (Fsp3) is 0.327. The van der Waals surface area contributed by atoms with Crippen molar-refractivity contribution >= 4 is 28.0 Å². The number of ketones is 1. The number of rotatable bonds is 5. The van der Waals surface area contributed by atoms with Gasteiger partial charge in [-0.1, -0.05) is 87.7 Å². The van der Waals surface area contributed by atoms with Crippen molar-refractivity contribution in [2.45, 2.75) is 104 Å². The van der Waals surface area contributed by atoms with Gasteiger partial charge in [0.15, 0.2) is 5.78 Å². The van der Waals surface area contributed by atoms with Gasteiger partial charge in [-0.3, -0.25) is 9.78 Å². The van der Waals surface area contributed by atoms with Gasteiger partial charge in [0.1, 0.15) is 0 Å². The Morgan fingerprint density at radius 3 is 2.11 bits per heavy atom. The quantitative estimate of drug-likeness (QED) is 0.0826. The number of hydrogen-bond donors (Lipinski definition) is 1. The largest absolute Gasteiger partial charge is 3.00 e. The fourth-order valence-corrected chi connectivity index (χ4v) is 9.20. The number of aliphatic hydroxyl groups excluding tert-OH is 1. The van der Waals surface area contributed by atoms with E-state index in [-0.39, 0.29) is 42.8 Å². The van der Waals surface area contributed by atoms with Crippen LogP contribution in [0.15, 0.2) is 133 Å². The molecule has 4 aromatic carbocycles. The maximum absolute atomic E-state index is 10.5. The van der Waals surface area contributed by atoms with E-state index in [0.717, 1.165) is 22.3 Å². The van der Waals surface area contributed by atoms with Gasteiger partial charge in [-0.25, -0.2) is 5.71 Å². The summed E-state index contributed by atoms with van der Waals surface area (Å²) in [7, 11) is 0. The zero-order chi connectivity index (χ0) is 39.7. The Balaban J connectivity index is 0.000000187. The predicted molar refractivity (Wildman–Crippen MR) is 234 cm³/mol. The second-order valence-corrected chi connectivity index (χ2v) is 16.2. The molecule has 4 nitrogen and oxygen atoms in total. The average Bonchev–Trinajstić information content (AvgIpc) is 3.43. The molecule has 0 amide bonds. The number of carbonyl (C=O) groups excluding carboxylic acids is 1. The van der Waals surface area contributed by atoms with Gasteiger partial charge in [-0.05, 0) is 110 Å². The predicted octanol–water partition coefficient (Wildman–Crippen LogP) is 13.5. The van der Waals surface area contributed by atoms with E-state index in [9.17, 15) is 10.2 Å². The number of nitrogens with zero attached hydrogens (tertiary/aromatic N) is 2. The smallest absolute Gasteiger partial charge is 0.855 e. The Hall–Kier alpha value is -4.70. The molecule has 2 fully saturated rings. The van der Waals surface area contributed by atoms with Crippen LogP contribution in [0, 0.1) is 17.5 Å². The summed E-state index contributed by atoms with van der Waals surface area (Å²) in [5.74, 6) is 0.611. The summed E-state index contributed by atoms with van der Waals surface area (Å²) in [6.07, 6.45) is 18.0. The zero-order valence-electron chi connectivity index (χ0n) is 34.1. The number of aliphatic hydroxyl groups is 1. The SMILES string of the molecule is C/C=C1\C(=C/C(=[N-])c2[c-]cccc2)c2ccccc2C1(C)C.CC(=O)/C=C(/C)O.[Ir+3].[c-]1ccccc1-c1cc(C2CCC3(CCCCC3)CC2)c2ccccc2n1. The topological polar surface area (TPSA) is 72.5 Å². The van der Waals surface area contributed by atoms with Gasteiger partial charge in [0, 0.05) is 16.9 Å². The summed E-state index contributed by atoms with van der Waals surface area (Å²) in [5.41, 5.74) is 11.3. The molecule has 5 heteroatoms. The van der Waals surface area contributed by atoms with E-state index in [0.29, 0.717) is 16.9 Å². The number of pyridine rings is 1. The van der Waals surface area contributed by atoms with Gasteiger partial charge in [-0.15, -0.1) is 72.3 Å². The fourth-order valence-electron chi connectivity index (χ4n) is 9.20. The molecule has 0 saturated heterocycles. The van der Waals surface area contributed by atoms with Gasteiger partial charge in [0.2, 0.25) is 0 Å². The van der Waals surface area contributed by atoms with Crippen LogP contribution in [0.3, 0.4) is 0 Å². The Labute approximate surface area is 354 Å². The van der Waals surface area contributed by atoms with E-state index < -0.39 is 0 Å². The summed E-state index contributed by atoms with van der Waals surface area (Å²) < 4.78 is 0. The van der Waals surface area contributed by atoms with Crippen molar-refractivity contribution < 1.29 is 30.0 Å². The first-order valence-electron chi connectivity index (χ1n) is 20.3. The molecule has 0 bridgehead atoms. The molecule has 294 valence electrons. The molecule has 57 heavy (non-hydrogen) atoms. The second kappa shape index (κ2) is 19.6. The van der Waals surface area contributed by atoms with E-state index in [1.54, 1.807) is 0 Å². The maximum Gasteiger partial charge on any atom is 3.00 e. The third-order valence-corrected chi connectivity index (χ3v) is 12.0. The Bertz CT molecular complexity index is 2230.